The van der Waals surface area contributed by atoms with E-state index < -0.39 is 0 Å². The first kappa shape index (κ1) is 18.1. The fourth-order valence-electron chi connectivity index (χ4n) is 3.62. The van der Waals surface area contributed by atoms with E-state index in [1.807, 2.05) is 21.7 Å². The highest BCUT2D eigenvalue weighted by Crippen LogP contribution is 2.31. The largest absolute Gasteiger partial charge is 0.349 e. The summed E-state index contributed by atoms with van der Waals surface area (Å²) >= 11 is 0. The predicted octanol–water partition coefficient (Wildman–Crippen LogP) is 1.59. The molecule has 28 heavy (non-hydrogen) atoms. The van der Waals surface area contributed by atoms with Gasteiger partial charge in [-0.2, -0.15) is 5.10 Å². The lowest BCUT2D eigenvalue weighted by Gasteiger charge is -2.12. The standard InChI is InChI=1S/C20H22N6O2/c1-14(27)25-11-7-15(13-25)18-16-5-4-9-22-19(16)26(24-18)12-10-23-20(28)17-6-2-3-8-21-17/h2-6,8-9,15H,7,10-13H2,1H3,(H,23,28)/t15-/m0/s1. The van der Waals surface area contributed by atoms with Gasteiger partial charge in [-0.3, -0.25) is 14.6 Å². The number of carbonyl (C=O) groups excluding carboxylic acids is 2. The Morgan fingerprint density at radius 2 is 2.04 bits per heavy atom. The molecule has 1 saturated heterocycles. The summed E-state index contributed by atoms with van der Waals surface area (Å²) in [5, 5.41) is 8.66. The number of likely N-dealkylation sites (tertiary alicyclic amines) is 1. The van der Waals surface area contributed by atoms with Crippen molar-refractivity contribution in [3.63, 3.8) is 0 Å². The first-order valence-electron chi connectivity index (χ1n) is 9.39. The smallest absolute Gasteiger partial charge is 0.269 e. The Labute approximate surface area is 162 Å². The molecule has 2 amide bonds. The number of amides is 2. The Kier molecular flexibility index (Phi) is 5.01. The van der Waals surface area contributed by atoms with Crippen molar-refractivity contribution >= 4 is 22.8 Å². The van der Waals surface area contributed by atoms with Gasteiger partial charge < -0.3 is 10.2 Å². The van der Waals surface area contributed by atoms with Crippen molar-refractivity contribution in [3.05, 3.63) is 54.1 Å². The number of nitrogens with one attached hydrogen (secondary N) is 1. The van der Waals surface area contributed by atoms with E-state index >= 15 is 0 Å². The molecule has 4 heterocycles. The van der Waals surface area contributed by atoms with Gasteiger partial charge in [-0.1, -0.05) is 6.07 Å². The maximum absolute atomic E-state index is 12.2. The van der Waals surface area contributed by atoms with E-state index in [-0.39, 0.29) is 17.7 Å². The average molecular weight is 378 g/mol. The lowest BCUT2D eigenvalue weighted by Crippen LogP contribution is -2.28. The predicted molar refractivity (Wildman–Crippen MR) is 104 cm³/mol. The van der Waals surface area contributed by atoms with Crippen LogP contribution >= 0.6 is 0 Å². The van der Waals surface area contributed by atoms with Gasteiger partial charge in [0.1, 0.15) is 5.69 Å². The van der Waals surface area contributed by atoms with Crippen LogP contribution in [0.5, 0.6) is 0 Å². The van der Waals surface area contributed by atoms with Gasteiger partial charge in [0.05, 0.1) is 12.2 Å². The van der Waals surface area contributed by atoms with Gasteiger partial charge >= 0.3 is 0 Å². The zero-order valence-corrected chi connectivity index (χ0v) is 15.7. The molecular formula is C20H22N6O2. The molecule has 3 aromatic heterocycles. The van der Waals surface area contributed by atoms with Crippen LogP contribution < -0.4 is 5.32 Å². The third-order valence-electron chi connectivity index (χ3n) is 5.06. The number of pyridine rings is 2. The molecule has 0 radical (unpaired) electrons. The molecule has 8 nitrogen and oxygen atoms in total. The van der Waals surface area contributed by atoms with Gasteiger partial charge in [-0.05, 0) is 30.7 Å². The Balaban J connectivity index is 1.49. The van der Waals surface area contributed by atoms with Crippen molar-refractivity contribution in [1.82, 2.24) is 30.0 Å². The third kappa shape index (κ3) is 3.58. The normalized spacial score (nSPS) is 16.5. The topological polar surface area (TPSA) is 93.0 Å². The summed E-state index contributed by atoms with van der Waals surface area (Å²) < 4.78 is 1.83. The van der Waals surface area contributed by atoms with Gasteiger partial charge in [-0.25, -0.2) is 9.67 Å². The molecule has 0 unspecified atom stereocenters. The molecule has 0 aliphatic carbocycles. The molecule has 1 N–H and O–H groups in total. The van der Waals surface area contributed by atoms with Crippen LogP contribution in [0.25, 0.3) is 11.0 Å². The molecule has 3 aromatic rings. The minimum atomic E-state index is -0.210. The van der Waals surface area contributed by atoms with Crippen LogP contribution in [0.15, 0.2) is 42.7 Å². The number of fused-ring (bicyclic) bond motifs is 1. The summed E-state index contributed by atoms with van der Waals surface area (Å²) in [7, 11) is 0. The fourth-order valence-corrected chi connectivity index (χ4v) is 3.62. The average Bonchev–Trinajstić information content (AvgIpc) is 3.34. The van der Waals surface area contributed by atoms with Gasteiger partial charge in [-0.15, -0.1) is 0 Å². The highest BCUT2D eigenvalue weighted by Gasteiger charge is 2.29. The quantitative estimate of drug-likeness (QED) is 0.728. The Morgan fingerprint density at radius 1 is 1.18 bits per heavy atom. The number of rotatable bonds is 5. The van der Waals surface area contributed by atoms with Crippen molar-refractivity contribution in [3.8, 4) is 0 Å². The zero-order chi connectivity index (χ0) is 19.5. The van der Waals surface area contributed by atoms with Crippen molar-refractivity contribution in [2.45, 2.75) is 25.8 Å². The molecule has 4 rings (SSSR count). The first-order chi connectivity index (χ1) is 13.6. The molecule has 1 aliphatic heterocycles. The van der Waals surface area contributed by atoms with Crippen LogP contribution in [0.1, 0.15) is 35.4 Å². The van der Waals surface area contributed by atoms with Crippen molar-refractivity contribution in [1.29, 1.82) is 0 Å². The van der Waals surface area contributed by atoms with Crippen molar-refractivity contribution in [2.75, 3.05) is 19.6 Å². The lowest BCUT2D eigenvalue weighted by atomic mass is 10.0. The van der Waals surface area contributed by atoms with E-state index in [9.17, 15) is 9.59 Å². The molecule has 1 fully saturated rings. The third-order valence-corrected chi connectivity index (χ3v) is 5.06. The van der Waals surface area contributed by atoms with Crippen LogP contribution in [0.2, 0.25) is 0 Å². The van der Waals surface area contributed by atoms with Crippen LogP contribution in [0.4, 0.5) is 0 Å². The fraction of sp³-hybridized carbons (Fsp3) is 0.350. The number of hydrogen-bond acceptors (Lipinski definition) is 5. The van der Waals surface area contributed by atoms with E-state index in [4.69, 9.17) is 5.10 Å². The number of hydrogen-bond donors (Lipinski definition) is 1. The number of aromatic nitrogens is 4. The van der Waals surface area contributed by atoms with E-state index in [2.05, 4.69) is 15.3 Å². The summed E-state index contributed by atoms with van der Waals surface area (Å²) in [5.41, 5.74) is 2.16. The van der Waals surface area contributed by atoms with E-state index in [0.717, 1.165) is 29.7 Å². The maximum atomic E-state index is 12.2. The van der Waals surface area contributed by atoms with Crippen LogP contribution in [-0.2, 0) is 11.3 Å². The van der Waals surface area contributed by atoms with Gasteiger partial charge in [0.25, 0.3) is 5.91 Å². The van der Waals surface area contributed by atoms with E-state index in [1.54, 1.807) is 37.5 Å². The monoisotopic (exact) mass is 378 g/mol. The molecular weight excluding hydrogens is 356 g/mol. The summed E-state index contributed by atoms with van der Waals surface area (Å²) in [4.78, 5) is 34.2. The van der Waals surface area contributed by atoms with Crippen molar-refractivity contribution in [2.24, 2.45) is 0 Å². The molecule has 0 aromatic carbocycles. The summed E-state index contributed by atoms with van der Waals surface area (Å²) in [6, 6.07) is 9.16. The van der Waals surface area contributed by atoms with E-state index in [1.165, 1.54) is 0 Å². The zero-order valence-electron chi connectivity index (χ0n) is 15.7. The lowest BCUT2D eigenvalue weighted by molar-refractivity contribution is -0.127. The number of carbonyl (C=O) groups is 2. The van der Waals surface area contributed by atoms with Gasteiger partial charge in [0.2, 0.25) is 5.91 Å². The Morgan fingerprint density at radius 3 is 2.79 bits per heavy atom. The van der Waals surface area contributed by atoms with E-state index in [0.29, 0.717) is 25.3 Å². The van der Waals surface area contributed by atoms with Crippen LogP contribution in [0, 0.1) is 0 Å². The van der Waals surface area contributed by atoms with Crippen molar-refractivity contribution < 1.29 is 9.59 Å². The SMILES string of the molecule is CC(=O)N1CC[C@H](c2nn(CCNC(=O)c3ccccn3)c3ncccc23)C1. The summed E-state index contributed by atoms with van der Waals surface area (Å²) in [6.07, 6.45) is 4.24. The minimum Gasteiger partial charge on any atom is -0.349 e. The van der Waals surface area contributed by atoms with Crippen LogP contribution in [0.3, 0.4) is 0 Å². The molecule has 8 heteroatoms. The molecule has 0 bridgehead atoms. The highest BCUT2D eigenvalue weighted by molar-refractivity contribution is 5.92. The first-order valence-corrected chi connectivity index (χ1v) is 9.39. The minimum absolute atomic E-state index is 0.0987. The maximum Gasteiger partial charge on any atom is 0.269 e. The molecule has 1 atom stereocenters. The van der Waals surface area contributed by atoms with Crippen LogP contribution in [-0.4, -0.2) is 56.1 Å². The number of nitrogens with zero attached hydrogens (tertiary/aromatic N) is 5. The second kappa shape index (κ2) is 7.75. The highest BCUT2D eigenvalue weighted by atomic mass is 16.2. The second-order valence-electron chi connectivity index (χ2n) is 6.90. The second-order valence-corrected chi connectivity index (χ2v) is 6.90. The molecule has 0 saturated carbocycles. The van der Waals surface area contributed by atoms with Gasteiger partial charge in [0.15, 0.2) is 5.65 Å². The summed E-state index contributed by atoms with van der Waals surface area (Å²) in [5.74, 6) is 0.0969. The summed E-state index contributed by atoms with van der Waals surface area (Å²) in [6.45, 7) is 3.98. The molecule has 144 valence electrons. The van der Waals surface area contributed by atoms with Gasteiger partial charge in [0, 0.05) is 50.3 Å². The Bertz CT molecular complexity index is 1000. The Hall–Kier alpha value is -3.29. The molecule has 1 aliphatic rings. The molecule has 0 spiro atoms.